The van der Waals surface area contributed by atoms with Gasteiger partial charge in [-0.1, -0.05) is 11.6 Å². The SMILES string of the molecule is Cc1ccc(S(=O)(=O)Nc2ccc(Br)c(Cl)c2)s1. The zero-order chi connectivity index (χ0) is 13.3. The maximum Gasteiger partial charge on any atom is 0.271 e. The molecule has 3 nitrogen and oxygen atoms in total. The van der Waals surface area contributed by atoms with E-state index in [1.54, 1.807) is 30.3 Å². The van der Waals surface area contributed by atoms with Crippen molar-refractivity contribution < 1.29 is 8.42 Å². The molecule has 18 heavy (non-hydrogen) atoms. The van der Waals surface area contributed by atoms with Crippen LogP contribution in [0, 0.1) is 6.92 Å². The fourth-order valence-electron chi connectivity index (χ4n) is 1.32. The molecule has 0 radical (unpaired) electrons. The van der Waals surface area contributed by atoms with Gasteiger partial charge in [0.1, 0.15) is 4.21 Å². The first-order chi connectivity index (χ1) is 8.38. The number of rotatable bonds is 3. The summed E-state index contributed by atoms with van der Waals surface area (Å²) in [5.74, 6) is 0. The molecule has 0 unspecified atom stereocenters. The first-order valence-electron chi connectivity index (χ1n) is 4.93. The Morgan fingerprint density at radius 2 is 2.00 bits per heavy atom. The van der Waals surface area contributed by atoms with Crippen molar-refractivity contribution in [1.29, 1.82) is 0 Å². The molecule has 0 saturated carbocycles. The number of sulfonamides is 1. The van der Waals surface area contributed by atoms with Crippen LogP contribution in [0.1, 0.15) is 4.88 Å². The summed E-state index contributed by atoms with van der Waals surface area (Å²) in [6, 6.07) is 8.26. The number of halogens is 2. The molecule has 2 rings (SSSR count). The first kappa shape index (κ1) is 13.9. The fourth-order valence-corrected chi connectivity index (χ4v) is 4.08. The van der Waals surface area contributed by atoms with Crippen LogP contribution in [-0.2, 0) is 10.0 Å². The van der Waals surface area contributed by atoms with E-state index in [9.17, 15) is 8.42 Å². The molecule has 1 N–H and O–H groups in total. The van der Waals surface area contributed by atoms with Gasteiger partial charge in [-0.2, -0.15) is 0 Å². The molecule has 1 heterocycles. The van der Waals surface area contributed by atoms with Crippen LogP contribution in [0.25, 0.3) is 0 Å². The second-order valence-electron chi connectivity index (χ2n) is 3.60. The van der Waals surface area contributed by atoms with Crippen LogP contribution in [0.5, 0.6) is 0 Å². The molecule has 96 valence electrons. The van der Waals surface area contributed by atoms with Crippen molar-refractivity contribution in [3.63, 3.8) is 0 Å². The Kier molecular flexibility index (Phi) is 4.01. The highest BCUT2D eigenvalue weighted by Crippen LogP contribution is 2.28. The number of aryl methyl sites for hydroxylation is 1. The predicted octanol–water partition coefficient (Wildman–Crippen LogP) is 4.27. The van der Waals surface area contributed by atoms with E-state index >= 15 is 0 Å². The Labute approximate surface area is 123 Å². The van der Waals surface area contributed by atoms with E-state index in [-0.39, 0.29) is 0 Å². The molecule has 0 amide bonds. The van der Waals surface area contributed by atoms with Gasteiger partial charge in [0.25, 0.3) is 10.0 Å². The first-order valence-corrected chi connectivity index (χ1v) is 8.40. The summed E-state index contributed by atoms with van der Waals surface area (Å²) in [5.41, 5.74) is 0.439. The molecule has 0 spiro atoms. The van der Waals surface area contributed by atoms with E-state index in [1.807, 2.05) is 6.92 Å². The molecular formula is C11H9BrClNO2S2. The molecule has 0 aliphatic carbocycles. The maximum atomic E-state index is 12.1. The highest BCUT2D eigenvalue weighted by Gasteiger charge is 2.16. The number of anilines is 1. The third kappa shape index (κ3) is 3.06. The van der Waals surface area contributed by atoms with Gasteiger partial charge in [-0.3, -0.25) is 4.72 Å². The van der Waals surface area contributed by atoms with Crippen LogP contribution in [0.3, 0.4) is 0 Å². The topological polar surface area (TPSA) is 46.2 Å². The van der Waals surface area contributed by atoms with Gasteiger partial charge in [-0.25, -0.2) is 8.42 Å². The van der Waals surface area contributed by atoms with Gasteiger partial charge in [-0.15, -0.1) is 11.3 Å². The van der Waals surface area contributed by atoms with Gasteiger partial charge in [0.2, 0.25) is 0 Å². The number of thiophene rings is 1. The molecule has 0 aliphatic rings. The lowest BCUT2D eigenvalue weighted by Crippen LogP contribution is -2.11. The van der Waals surface area contributed by atoms with Crippen molar-refractivity contribution in [3.8, 4) is 0 Å². The summed E-state index contributed by atoms with van der Waals surface area (Å²) in [5, 5.41) is 0.456. The fraction of sp³-hybridized carbons (Fsp3) is 0.0909. The summed E-state index contributed by atoms with van der Waals surface area (Å²) in [6.45, 7) is 1.86. The highest BCUT2D eigenvalue weighted by molar-refractivity contribution is 9.10. The average molecular weight is 367 g/mol. The van der Waals surface area contributed by atoms with Gasteiger partial charge in [0, 0.05) is 9.35 Å². The maximum absolute atomic E-state index is 12.1. The van der Waals surface area contributed by atoms with Gasteiger partial charge < -0.3 is 0 Å². The van der Waals surface area contributed by atoms with Crippen LogP contribution < -0.4 is 4.72 Å². The Morgan fingerprint density at radius 1 is 1.28 bits per heavy atom. The minimum atomic E-state index is -3.53. The average Bonchev–Trinajstić information content (AvgIpc) is 2.71. The summed E-state index contributed by atoms with van der Waals surface area (Å²) in [4.78, 5) is 0.948. The monoisotopic (exact) mass is 365 g/mol. The molecular weight excluding hydrogens is 358 g/mol. The second-order valence-corrected chi connectivity index (χ2v) is 8.06. The Hall–Kier alpha value is -0.560. The van der Waals surface area contributed by atoms with Crippen molar-refractivity contribution in [1.82, 2.24) is 0 Å². The molecule has 0 fully saturated rings. The largest absolute Gasteiger partial charge is 0.279 e. The Balaban J connectivity index is 2.30. The number of benzene rings is 1. The highest BCUT2D eigenvalue weighted by atomic mass is 79.9. The zero-order valence-electron chi connectivity index (χ0n) is 9.28. The smallest absolute Gasteiger partial charge is 0.271 e. The second kappa shape index (κ2) is 5.21. The lowest BCUT2D eigenvalue weighted by molar-refractivity contribution is 0.603. The van der Waals surface area contributed by atoms with E-state index in [0.29, 0.717) is 14.9 Å². The summed E-state index contributed by atoms with van der Waals surface area (Å²) >= 11 is 10.4. The van der Waals surface area contributed by atoms with Crippen LogP contribution in [0.15, 0.2) is 39.0 Å². The van der Waals surface area contributed by atoms with Gasteiger partial charge >= 0.3 is 0 Å². The van der Waals surface area contributed by atoms with Crippen molar-refractivity contribution in [2.24, 2.45) is 0 Å². The van der Waals surface area contributed by atoms with Gasteiger partial charge in [0.05, 0.1) is 10.7 Å². The van der Waals surface area contributed by atoms with Crippen LogP contribution in [-0.4, -0.2) is 8.42 Å². The van der Waals surface area contributed by atoms with E-state index in [0.717, 1.165) is 9.35 Å². The number of nitrogens with one attached hydrogen (secondary N) is 1. The molecule has 0 bridgehead atoms. The van der Waals surface area contributed by atoms with Crippen molar-refractivity contribution in [2.45, 2.75) is 11.1 Å². The summed E-state index contributed by atoms with van der Waals surface area (Å²) in [7, 11) is -3.53. The van der Waals surface area contributed by atoms with E-state index in [1.165, 1.54) is 11.3 Å². The Morgan fingerprint density at radius 3 is 2.56 bits per heavy atom. The van der Waals surface area contributed by atoms with Crippen molar-refractivity contribution in [3.05, 3.63) is 44.7 Å². The molecule has 1 aromatic carbocycles. The van der Waals surface area contributed by atoms with Gasteiger partial charge in [-0.05, 0) is 53.2 Å². The van der Waals surface area contributed by atoms with Crippen LogP contribution >= 0.6 is 38.9 Å². The van der Waals surface area contributed by atoms with Crippen molar-refractivity contribution >= 4 is 54.6 Å². The molecule has 7 heteroatoms. The van der Waals surface area contributed by atoms with Crippen molar-refractivity contribution in [2.75, 3.05) is 4.72 Å². The minimum absolute atomic E-state index is 0.291. The van der Waals surface area contributed by atoms with Crippen LogP contribution in [0.2, 0.25) is 5.02 Å². The number of hydrogen-bond donors (Lipinski definition) is 1. The van der Waals surface area contributed by atoms with Crippen LogP contribution in [0.4, 0.5) is 5.69 Å². The lowest BCUT2D eigenvalue weighted by Gasteiger charge is -2.07. The number of hydrogen-bond acceptors (Lipinski definition) is 3. The predicted molar refractivity (Wildman–Crippen MR) is 79.0 cm³/mol. The molecule has 2 aromatic rings. The quantitative estimate of drug-likeness (QED) is 0.881. The molecule has 1 aromatic heterocycles. The Bertz CT molecular complexity index is 682. The third-order valence-electron chi connectivity index (χ3n) is 2.15. The summed E-state index contributed by atoms with van der Waals surface area (Å²) in [6.07, 6.45) is 0. The summed E-state index contributed by atoms with van der Waals surface area (Å²) < 4.78 is 27.6. The molecule has 0 aliphatic heterocycles. The van der Waals surface area contributed by atoms with E-state index < -0.39 is 10.0 Å². The molecule has 0 saturated heterocycles. The van der Waals surface area contributed by atoms with E-state index in [4.69, 9.17) is 11.6 Å². The zero-order valence-corrected chi connectivity index (χ0v) is 13.3. The van der Waals surface area contributed by atoms with E-state index in [2.05, 4.69) is 20.7 Å². The lowest BCUT2D eigenvalue weighted by atomic mass is 10.3. The standard InChI is InChI=1S/C11H9BrClNO2S2/c1-7-2-5-11(17-7)18(15,16)14-8-3-4-9(12)10(13)6-8/h2-6,14H,1H3. The molecule has 0 atom stereocenters. The third-order valence-corrected chi connectivity index (χ3v) is 6.26. The minimum Gasteiger partial charge on any atom is -0.279 e. The normalized spacial score (nSPS) is 11.5. The van der Waals surface area contributed by atoms with Gasteiger partial charge in [0.15, 0.2) is 0 Å².